The van der Waals surface area contributed by atoms with E-state index in [1.807, 2.05) is 0 Å². The normalized spacial score (nSPS) is 15.3. The zero-order valence-corrected chi connectivity index (χ0v) is 13.7. The summed E-state index contributed by atoms with van der Waals surface area (Å²) in [5.74, 6) is 1.55. The number of ketones is 1. The maximum atomic E-state index is 11.2. The van der Waals surface area contributed by atoms with Crippen molar-refractivity contribution < 1.29 is 14.3 Å². The number of hydrogen-bond acceptors (Lipinski definition) is 6. The molecular weight excluding hydrogens is 318 g/mol. The van der Waals surface area contributed by atoms with Gasteiger partial charge in [0.25, 0.3) is 0 Å². The number of hydrogen-bond donors (Lipinski definition) is 0. The molecule has 1 saturated heterocycles. The fourth-order valence-corrected chi connectivity index (χ4v) is 2.85. The molecule has 0 bridgehead atoms. The summed E-state index contributed by atoms with van der Waals surface area (Å²) in [5.41, 5.74) is 0.714. The third-order valence-electron chi connectivity index (χ3n) is 3.86. The fraction of sp³-hybridized carbons (Fsp3) is 0.438. The number of fused-ring (bicyclic) bond motifs is 1. The lowest BCUT2D eigenvalue weighted by Gasteiger charge is -2.15. The van der Waals surface area contributed by atoms with Crippen LogP contribution < -0.4 is 9.47 Å². The zero-order valence-electron chi connectivity index (χ0n) is 12.9. The Hall–Kier alpha value is -1.92. The maximum absolute atomic E-state index is 11.2. The maximum Gasteiger partial charge on any atom is 0.163 e. The summed E-state index contributed by atoms with van der Waals surface area (Å²) in [5, 5.41) is 1.12. The van der Waals surface area contributed by atoms with Gasteiger partial charge < -0.3 is 9.47 Å². The molecule has 1 aliphatic rings. The minimum Gasteiger partial charge on any atom is -0.493 e. The highest BCUT2D eigenvalue weighted by atomic mass is 35.5. The lowest BCUT2D eigenvalue weighted by Crippen LogP contribution is -2.23. The van der Waals surface area contributed by atoms with Gasteiger partial charge in [-0.05, 0) is 12.5 Å². The van der Waals surface area contributed by atoms with E-state index in [1.165, 1.54) is 6.33 Å². The quantitative estimate of drug-likeness (QED) is 0.596. The van der Waals surface area contributed by atoms with Crippen LogP contribution in [0.4, 0.5) is 0 Å². The minimum atomic E-state index is 0.318. The SMILES string of the molecule is COc1cc2c(Cl)ncnc2cc1OCCCN1CCC(=O)C1. The van der Waals surface area contributed by atoms with Crippen molar-refractivity contribution in [1.82, 2.24) is 14.9 Å². The van der Waals surface area contributed by atoms with Crippen molar-refractivity contribution in [3.05, 3.63) is 23.6 Å². The molecule has 0 aliphatic carbocycles. The number of ether oxygens (including phenoxy) is 2. The summed E-state index contributed by atoms with van der Waals surface area (Å²) < 4.78 is 11.2. The summed E-state index contributed by atoms with van der Waals surface area (Å²) in [6.07, 6.45) is 2.93. The Morgan fingerprint density at radius 3 is 2.91 bits per heavy atom. The first-order chi connectivity index (χ1) is 11.2. The molecule has 6 nitrogen and oxygen atoms in total. The second-order valence-electron chi connectivity index (χ2n) is 5.45. The number of Topliss-reactive ketones (excluding diaryl/α,β-unsaturated/α-hetero) is 1. The Morgan fingerprint density at radius 2 is 2.17 bits per heavy atom. The molecule has 0 spiro atoms. The molecule has 1 fully saturated rings. The topological polar surface area (TPSA) is 64.6 Å². The van der Waals surface area contributed by atoms with Gasteiger partial charge in [0.2, 0.25) is 0 Å². The van der Waals surface area contributed by atoms with Crippen LogP contribution in [0.1, 0.15) is 12.8 Å². The number of carbonyl (C=O) groups excluding carboxylic acids is 1. The van der Waals surface area contributed by atoms with Gasteiger partial charge in [0.05, 0.1) is 25.8 Å². The van der Waals surface area contributed by atoms with E-state index in [4.69, 9.17) is 21.1 Å². The van der Waals surface area contributed by atoms with Crippen LogP contribution in [0.5, 0.6) is 11.5 Å². The van der Waals surface area contributed by atoms with E-state index < -0.39 is 0 Å². The van der Waals surface area contributed by atoms with Crippen molar-refractivity contribution >= 4 is 28.3 Å². The summed E-state index contributed by atoms with van der Waals surface area (Å²) >= 11 is 6.07. The van der Waals surface area contributed by atoms with Crippen molar-refractivity contribution in [3.8, 4) is 11.5 Å². The number of aromatic nitrogens is 2. The lowest BCUT2D eigenvalue weighted by molar-refractivity contribution is -0.116. The molecule has 0 unspecified atom stereocenters. The van der Waals surface area contributed by atoms with Crippen molar-refractivity contribution in [2.24, 2.45) is 0 Å². The molecule has 0 radical (unpaired) electrons. The molecule has 1 aliphatic heterocycles. The predicted octanol–water partition coefficient (Wildman–Crippen LogP) is 2.34. The fourth-order valence-electron chi connectivity index (χ4n) is 2.66. The Morgan fingerprint density at radius 1 is 1.30 bits per heavy atom. The first-order valence-electron chi connectivity index (χ1n) is 7.52. The highest BCUT2D eigenvalue weighted by molar-refractivity contribution is 6.34. The Labute approximate surface area is 139 Å². The first kappa shape index (κ1) is 16.0. The van der Waals surface area contributed by atoms with Crippen molar-refractivity contribution in [1.29, 1.82) is 0 Å². The number of nitrogens with zero attached hydrogens (tertiary/aromatic N) is 3. The molecule has 0 atom stereocenters. The van der Waals surface area contributed by atoms with Crippen LogP contribution >= 0.6 is 11.6 Å². The average molecular weight is 336 g/mol. The second kappa shape index (κ2) is 7.10. The molecule has 23 heavy (non-hydrogen) atoms. The van der Waals surface area contributed by atoms with Gasteiger partial charge in [-0.3, -0.25) is 9.69 Å². The van der Waals surface area contributed by atoms with E-state index in [0.717, 1.165) is 24.9 Å². The van der Waals surface area contributed by atoms with Gasteiger partial charge in [-0.15, -0.1) is 0 Å². The average Bonchev–Trinajstić information content (AvgIpc) is 2.96. The number of rotatable bonds is 6. The van der Waals surface area contributed by atoms with Crippen molar-refractivity contribution in [2.45, 2.75) is 12.8 Å². The van der Waals surface area contributed by atoms with E-state index in [2.05, 4.69) is 14.9 Å². The second-order valence-corrected chi connectivity index (χ2v) is 5.81. The monoisotopic (exact) mass is 335 g/mol. The predicted molar refractivity (Wildman–Crippen MR) is 87.3 cm³/mol. The van der Waals surface area contributed by atoms with Crippen LogP contribution in [0.2, 0.25) is 5.15 Å². The van der Waals surface area contributed by atoms with Gasteiger partial charge in [0.15, 0.2) is 11.5 Å². The number of halogens is 1. The number of likely N-dealkylation sites (tertiary alicyclic amines) is 1. The highest BCUT2D eigenvalue weighted by Crippen LogP contribution is 2.33. The van der Waals surface area contributed by atoms with Crippen LogP contribution in [0.15, 0.2) is 18.5 Å². The van der Waals surface area contributed by atoms with Gasteiger partial charge in [0.1, 0.15) is 17.3 Å². The zero-order chi connectivity index (χ0) is 16.2. The molecule has 1 aromatic carbocycles. The molecule has 2 heterocycles. The smallest absolute Gasteiger partial charge is 0.163 e. The van der Waals surface area contributed by atoms with Crippen LogP contribution in [0.3, 0.4) is 0 Å². The molecule has 3 rings (SSSR count). The third kappa shape index (κ3) is 3.71. The van der Waals surface area contributed by atoms with E-state index >= 15 is 0 Å². The van der Waals surface area contributed by atoms with Crippen molar-refractivity contribution in [3.63, 3.8) is 0 Å². The van der Waals surface area contributed by atoms with Gasteiger partial charge in [0, 0.05) is 31.0 Å². The lowest BCUT2D eigenvalue weighted by atomic mass is 10.2. The van der Waals surface area contributed by atoms with Crippen LogP contribution in [0, 0.1) is 0 Å². The molecule has 7 heteroatoms. The molecule has 0 amide bonds. The van der Waals surface area contributed by atoms with Gasteiger partial charge in [-0.25, -0.2) is 9.97 Å². The van der Waals surface area contributed by atoms with E-state index in [0.29, 0.717) is 47.5 Å². The van der Waals surface area contributed by atoms with Crippen LogP contribution in [-0.2, 0) is 4.79 Å². The summed E-state index contributed by atoms with van der Waals surface area (Å²) in [4.78, 5) is 21.5. The third-order valence-corrected chi connectivity index (χ3v) is 4.16. The Balaban J connectivity index is 1.63. The van der Waals surface area contributed by atoms with Crippen molar-refractivity contribution in [2.75, 3.05) is 33.4 Å². The number of benzene rings is 1. The minimum absolute atomic E-state index is 0.318. The molecule has 2 aromatic rings. The summed E-state index contributed by atoms with van der Waals surface area (Å²) in [7, 11) is 1.58. The van der Waals surface area contributed by atoms with Crippen LogP contribution in [0.25, 0.3) is 10.9 Å². The molecule has 0 N–H and O–H groups in total. The van der Waals surface area contributed by atoms with Gasteiger partial charge >= 0.3 is 0 Å². The van der Waals surface area contributed by atoms with Gasteiger partial charge in [-0.2, -0.15) is 0 Å². The summed E-state index contributed by atoms with van der Waals surface area (Å²) in [6.45, 7) is 2.82. The first-order valence-corrected chi connectivity index (χ1v) is 7.90. The van der Waals surface area contributed by atoms with Crippen LogP contribution in [-0.4, -0.2) is 54.0 Å². The molecule has 0 saturated carbocycles. The standard InChI is InChI=1S/C16H18ClN3O3/c1-22-14-7-12-13(18-10-19-16(12)17)8-15(14)23-6-2-4-20-5-3-11(21)9-20/h7-8,10H,2-6,9H2,1H3. The largest absolute Gasteiger partial charge is 0.493 e. The van der Waals surface area contributed by atoms with E-state index in [1.54, 1.807) is 19.2 Å². The number of carbonyl (C=O) groups is 1. The van der Waals surface area contributed by atoms with E-state index in [-0.39, 0.29) is 0 Å². The Kier molecular flexibility index (Phi) is 4.93. The summed E-state index contributed by atoms with van der Waals surface area (Å²) in [6, 6.07) is 3.59. The van der Waals surface area contributed by atoms with Gasteiger partial charge in [-0.1, -0.05) is 11.6 Å². The highest BCUT2D eigenvalue weighted by Gasteiger charge is 2.18. The molecule has 1 aromatic heterocycles. The molecular formula is C16H18ClN3O3. The molecule has 122 valence electrons. The number of methoxy groups -OCH3 is 1. The Bertz CT molecular complexity index is 723. The van der Waals surface area contributed by atoms with E-state index in [9.17, 15) is 4.79 Å².